The van der Waals surface area contributed by atoms with E-state index >= 15 is 0 Å². The van der Waals surface area contributed by atoms with E-state index in [1.807, 2.05) is 12.1 Å². The van der Waals surface area contributed by atoms with Gasteiger partial charge in [0.05, 0.1) is 14.2 Å². The van der Waals surface area contributed by atoms with Crippen LogP contribution >= 0.6 is 0 Å². The molecule has 1 atom stereocenters. The maximum absolute atomic E-state index is 12.7. The summed E-state index contributed by atoms with van der Waals surface area (Å²) in [6.07, 6.45) is 2.39. The summed E-state index contributed by atoms with van der Waals surface area (Å²) in [7, 11) is 3.13. The van der Waals surface area contributed by atoms with Gasteiger partial charge in [0.25, 0.3) is 5.91 Å². The Morgan fingerprint density at radius 2 is 1.78 bits per heavy atom. The van der Waals surface area contributed by atoms with Crippen LogP contribution in [0.25, 0.3) is 0 Å². The third kappa shape index (κ3) is 3.70. The summed E-state index contributed by atoms with van der Waals surface area (Å²) in [4.78, 5) is 38.9. The number of hydrogen-bond donors (Lipinski definition) is 1. The normalized spacial score (nSPS) is 18.4. The Balaban J connectivity index is 1.69. The fraction of sp³-hybridized carbons (Fsp3) is 0.526. The van der Waals surface area contributed by atoms with Crippen LogP contribution in [0.5, 0.6) is 11.5 Å². The van der Waals surface area contributed by atoms with Gasteiger partial charge in [0, 0.05) is 25.9 Å². The molecule has 1 aromatic rings. The van der Waals surface area contributed by atoms with Crippen molar-refractivity contribution in [1.82, 2.24) is 9.80 Å². The molecule has 0 aliphatic carbocycles. The van der Waals surface area contributed by atoms with Gasteiger partial charge in [-0.05, 0) is 36.1 Å². The number of urea groups is 1. The number of methoxy groups -OCH3 is 2. The van der Waals surface area contributed by atoms with Gasteiger partial charge < -0.3 is 19.5 Å². The van der Waals surface area contributed by atoms with E-state index in [0.717, 1.165) is 11.1 Å². The van der Waals surface area contributed by atoms with Crippen LogP contribution in [-0.4, -0.2) is 59.6 Å². The monoisotopic (exact) mass is 376 g/mol. The molecule has 0 radical (unpaired) electrons. The van der Waals surface area contributed by atoms with Crippen molar-refractivity contribution in [2.24, 2.45) is 0 Å². The molecule has 1 fully saturated rings. The highest BCUT2D eigenvalue weighted by Crippen LogP contribution is 2.37. The number of imide groups is 1. The first-order chi connectivity index (χ1) is 13.0. The van der Waals surface area contributed by atoms with Crippen LogP contribution in [0.4, 0.5) is 4.79 Å². The minimum absolute atomic E-state index is 0.107. The van der Waals surface area contributed by atoms with Crippen molar-refractivity contribution in [1.29, 1.82) is 0 Å². The Morgan fingerprint density at radius 3 is 2.41 bits per heavy atom. The molecule has 2 aliphatic heterocycles. The largest absolute Gasteiger partial charge is 0.493 e. The van der Waals surface area contributed by atoms with Gasteiger partial charge in [-0.25, -0.2) is 4.79 Å². The number of carboxylic acid groups (broad SMARTS) is 1. The van der Waals surface area contributed by atoms with Crippen molar-refractivity contribution in [2.75, 3.05) is 20.8 Å². The van der Waals surface area contributed by atoms with Crippen LogP contribution in [0.15, 0.2) is 12.1 Å². The van der Waals surface area contributed by atoms with E-state index in [4.69, 9.17) is 14.6 Å². The van der Waals surface area contributed by atoms with Gasteiger partial charge in [0.2, 0.25) is 0 Å². The molecule has 8 heteroatoms. The van der Waals surface area contributed by atoms with E-state index in [0.29, 0.717) is 50.3 Å². The maximum atomic E-state index is 12.7. The fourth-order valence-corrected chi connectivity index (χ4v) is 3.69. The molecule has 0 unspecified atom stereocenters. The standard InChI is InChI=1S/C19H24N2O6/c1-26-15-9-12-8-14-18(24)20(7-5-3-4-6-17(22)23)19(25)21(14)11-13(12)10-16(15)27-2/h9-10,14H,3-8,11H2,1-2H3,(H,22,23)/t14-/m0/s1. The van der Waals surface area contributed by atoms with E-state index in [-0.39, 0.29) is 18.4 Å². The van der Waals surface area contributed by atoms with Crippen molar-refractivity contribution in [3.63, 3.8) is 0 Å². The number of ether oxygens (including phenoxy) is 2. The second-order valence-corrected chi connectivity index (χ2v) is 6.80. The van der Waals surface area contributed by atoms with Crippen molar-refractivity contribution in [3.8, 4) is 11.5 Å². The number of aliphatic carboxylic acids is 1. The summed E-state index contributed by atoms with van der Waals surface area (Å²) in [5.41, 5.74) is 1.94. The van der Waals surface area contributed by atoms with Crippen LogP contribution in [0.2, 0.25) is 0 Å². The SMILES string of the molecule is COc1cc2c(cc1OC)CN1C(=O)N(CCCCCC(=O)O)C(=O)[C@@H]1C2. The first kappa shape index (κ1) is 19.0. The summed E-state index contributed by atoms with van der Waals surface area (Å²) < 4.78 is 10.7. The fourth-order valence-electron chi connectivity index (χ4n) is 3.69. The summed E-state index contributed by atoms with van der Waals surface area (Å²) in [5.74, 6) is 0.197. The molecule has 2 heterocycles. The Bertz CT molecular complexity index is 712. The van der Waals surface area contributed by atoms with Gasteiger partial charge in [-0.15, -0.1) is 0 Å². The molecular formula is C19H24N2O6. The summed E-state index contributed by atoms with van der Waals surface area (Å²) in [6, 6.07) is 2.97. The van der Waals surface area contributed by atoms with Crippen molar-refractivity contribution < 1.29 is 29.0 Å². The average molecular weight is 376 g/mol. The van der Waals surface area contributed by atoms with E-state index in [1.165, 1.54) is 4.90 Å². The highest BCUT2D eigenvalue weighted by Gasteiger charge is 2.47. The number of carbonyl (C=O) groups is 3. The van der Waals surface area contributed by atoms with Gasteiger partial charge in [0.15, 0.2) is 11.5 Å². The number of carbonyl (C=O) groups excluding carboxylic acids is 2. The van der Waals surface area contributed by atoms with E-state index in [1.54, 1.807) is 19.1 Å². The number of nitrogens with zero attached hydrogens (tertiary/aromatic N) is 2. The number of hydrogen-bond acceptors (Lipinski definition) is 5. The molecule has 3 amide bonds. The molecule has 27 heavy (non-hydrogen) atoms. The lowest BCUT2D eigenvalue weighted by Gasteiger charge is -2.29. The molecule has 3 rings (SSSR count). The minimum Gasteiger partial charge on any atom is -0.493 e. The Kier molecular flexibility index (Phi) is 5.53. The number of amides is 3. The lowest BCUT2D eigenvalue weighted by atomic mass is 9.94. The highest BCUT2D eigenvalue weighted by molar-refractivity contribution is 6.04. The number of fused-ring (bicyclic) bond motifs is 2. The predicted octanol–water partition coefficient (Wildman–Crippen LogP) is 2.04. The number of carboxylic acids is 1. The molecule has 8 nitrogen and oxygen atoms in total. The van der Waals surface area contributed by atoms with Crippen LogP contribution < -0.4 is 9.47 Å². The second-order valence-electron chi connectivity index (χ2n) is 6.80. The van der Waals surface area contributed by atoms with E-state index in [9.17, 15) is 14.4 Å². The van der Waals surface area contributed by atoms with Crippen LogP contribution in [0.3, 0.4) is 0 Å². The van der Waals surface area contributed by atoms with Gasteiger partial charge in [-0.2, -0.15) is 0 Å². The maximum Gasteiger partial charge on any atom is 0.327 e. The van der Waals surface area contributed by atoms with Crippen molar-refractivity contribution in [2.45, 2.75) is 44.7 Å². The summed E-state index contributed by atoms with van der Waals surface area (Å²) >= 11 is 0. The Labute approximate surface area is 157 Å². The zero-order chi connectivity index (χ0) is 19.6. The van der Waals surface area contributed by atoms with Crippen molar-refractivity contribution in [3.05, 3.63) is 23.3 Å². The minimum atomic E-state index is -0.830. The molecule has 1 saturated heterocycles. The predicted molar refractivity (Wildman–Crippen MR) is 95.8 cm³/mol. The zero-order valence-corrected chi connectivity index (χ0v) is 15.6. The first-order valence-electron chi connectivity index (χ1n) is 9.03. The van der Waals surface area contributed by atoms with E-state index in [2.05, 4.69) is 0 Å². The number of benzene rings is 1. The highest BCUT2D eigenvalue weighted by atomic mass is 16.5. The molecular weight excluding hydrogens is 352 g/mol. The lowest BCUT2D eigenvalue weighted by molar-refractivity contribution is -0.137. The average Bonchev–Trinajstić information content (AvgIpc) is 2.88. The number of rotatable bonds is 8. The van der Waals surface area contributed by atoms with Crippen LogP contribution in [0.1, 0.15) is 36.8 Å². The first-order valence-corrected chi connectivity index (χ1v) is 9.03. The molecule has 1 aromatic carbocycles. The van der Waals surface area contributed by atoms with Gasteiger partial charge >= 0.3 is 12.0 Å². The summed E-state index contributed by atoms with van der Waals surface area (Å²) in [6.45, 7) is 0.688. The second kappa shape index (κ2) is 7.85. The molecule has 2 aliphatic rings. The van der Waals surface area contributed by atoms with Crippen molar-refractivity contribution >= 4 is 17.9 Å². The topological polar surface area (TPSA) is 96.4 Å². The zero-order valence-electron chi connectivity index (χ0n) is 15.6. The smallest absolute Gasteiger partial charge is 0.327 e. The Morgan fingerprint density at radius 1 is 1.11 bits per heavy atom. The molecule has 1 N–H and O–H groups in total. The third-order valence-corrected chi connectivity index (χ3v) is 5.14. The number of unbranched alkanes of at least 4 members (excludes halogenated alkanes) is 2. The molecule has 0 spiro atoms. The van der Waals surface area contributed by atoms with Gasteiger partial charge in [-0.1, -0.05) is 6.42 Å². The Hall–Kier alpha value is -2.77. The molecule has 146 valence electrons. The molecule has 0 bridgehead atoms. The van der Waals surface area contributed by atoms with Crippen LogP contribution in [0, 0.1) is 0 Å². The molecule has 0 aromatic heterocycles. The van der Waals surface area contributed by atoms with Crippen LogP contribution in [-0.2, 0) is 22.6 Å². The quantitative estimate of drug-likeness (QED) is 0.551. The van der Waals surface area contributed by atoms with Gasteiger partial charge in [0.1, 0.15) is 6.04 Å². The van der Waals surface area contributed by atoms with E-state index < -0.39 is 12.0 Å². The summed E-state index contributed by atoms with van der Waals surface area (Å²) in [5, 5.41) is 8.67. The lowest BCUT2D eigenvalue weighted by Crippen LogP contribution is -2.40. The van der Waals surface area contributed by atoms with Gasteiger partial charge in [-0.3, -0.25) is 14.5 Å². The molecule has 0 saturated carbocycles. The third-order valence-electron chi connectivity index (χ3n) is 5.14.